The molecule has 6 nitrogen and oxygen atoms in total. The summed E-state index contributed by atoms with van der Waals surface area (Å²) in [7, 11) is 0. The summed E-state index contributed by atoms with van der Waals surface area (Å²) in [6.45, 7) is 0. The summed E-state index contributed by atoms with van der Waals surface area (Å²) < 4.78 is 0. The van der Waals surface area contributed by atoms with Crippen LogP contribution in [0.5, 0.6) is 0 Å². The lowest BCUT2D eigenvalue weighted by molar-refractivity contribution is -0.385. The number of nitro benzene ring substituents is 1. The van der Waals surface area contributed by atoms with Crippen LogP contribution >= 0.6 is 11.6 Å². The fourth-order valence-corrected chi connectivity index (χ4v) is 1.76. The minimum absolute atomic E-state index is 0.0741. The fourth-order valence-electron chi connectivity index (χ4n) is 1.56. The van der Waals surface area contributed by atoms with Gasteiger partial charge in [0.2, 0.25) is 0 Å². The van der Waals surface area contributed by atoms with Crippen LogP contribution in [-0.4, -0.2) is 16.1 Å². The van der Waals surface area contributed by atoms with Crippen molar-refractivity contribution < 1.29 is 14.6 Å². The smallest absolute Gasteiger partial charge is 0.311 e. The van der Waals surface area contributed by atoms with E-state index >= 15 is 0 Å². The molecule has 0 heterocycles. The number of rotatable bonds is 4. The highest BCUT2D eigenvalue weighted by Crippen LogP contribution is 2.20. The number of carbonyl (C=O) groups excluding carboxylic acids is 1. The zero-order valence-electron chi connectivity index (χ0n) is 10.6. The van der Waals surface area contributed by atoms with Gasteiger partial charge in [0, 0.05) is 6.07 Å². The molecule has 0 aromatic heterocycles. The van der Waals surface area contributed by atoms with Crippen molar-refractivity contribution >= 4 is 28.4 Å². The number of halogens is 1. The quantitative estimate of drug-likeness (QED) is 0.375. The summed E-state index contributed by atoms with van der Waals surface area (Å²) in [5, 5.41) is 14.0. The number of carbonyl (C=O) groups is 1. The molecule has 0 saturated heterocycles. The molecule has 0 aliphatic heterocycles. The summed E-state index contributed by atoms with van der Waals surface area (Å²) >= 11 is 5.86. The summed E-state index contributed by atoms with van der Waals surface area (Å²) in [4.78, 5) is 26.6. The van der Waals surface area contributed by atoms with Crippen molar-refractivity contribution in [3.63, 3.8) is 0 Å². The van der Waals surface area contributed by atoms with E-state index in [1.165, 1.54) is 18.2 Å². The van der Waals surface area contributed by atoms with E-state index in [0.29, 0.717) is 5.56 Å². The van der Waals surface area contributed by atoms with Crippen LogP contribution in [0.4, 0.5) is 5.69 Å². The van der Waals surface area contributed by atoms with E-state index in [1.54, 1.807) is 36.4 Å². The molecule has 0 spiro atoms. The fraction of sp³-hybridized carbons (Fsp3) is 0. The highest BCUT2D eigenvalue weighted by Gasteiger charge is 2.17. The molecule has 106 valence electrons. The zero-order chi connectivity index (χ0) is 15.2. The van der Waals surface area contributed by atoms with E-state index in [-0.39, 0.29) is 16.4 Å². The topological polar surface area (TPSA) is 81.8 Å². The number of hydrogen-bond donors (Lipinski definition) is 0. The van der Waals surface area contributed by atoms with Crippen LogP contribution in [-0.2, 0) is 4.84 Å². The maximum Gasteiger partial charge on any atom is 0.365 e. The molecule has 0 saturated carbocycles. The van der Waals surface area contributed by atoms with Gasteiger partial charge in [0.25, 0.3) is 5.69 Å². The van der Waals surface area contributed by atoms with Crippen LogP contribution in [0.3, 0.4) is 0 Å². The van der Waals surface area contributed by atoms with E-state index in [1.807, 2.05) is 0 Å². The van der Waals surface area contributed by atoms with Crippen molar-refractivity contribution in [2.24, 2.45) is 5.16 Å². The van der Waals surface area contributed by atoms with Gasteiger partial charge in [-0.15, -0.1) is 0 Å². The van der Waals surface area contributed by atoms with Gasteiger partial charge in [-0.2, -0.15) is 0 Å². The Hall–Kier alpha value is -2.73. The summed E-state index contributed by atoms with van der Waals surface area (Å²) in [5.74, 6) is -0.702. The molecule has 0 radical (unpaired) electrons. The summed E-state index contributed by atoms with van der Waals surface area (Å²) in [5.41, 5.74) is 0.153. The van der Waals surface area contributed by atoms with Crippen molar-refractivity contribution in [2.75, 3.05) is 0 Å². The van der Waals surface area contributed by atoms with Crippen LogP contribution in [0.2, 0.25) is 0 Å². The Balaban J connectivity index is 2.19. The third kappa shape index (κ3) is 3.64. The SMILES string of the molecule is O=C(O/N=C(\Cl)c1ccccc1[N+](=O)[O-])c1ccccc1. The van der Waals surface area contributed by atoms with Gasteiger partial charge in [0.05, 0.1) is 16.1 Å². The molecule has 21 heavy (non-hydrogen) atoms. The average Bonchev–Trinajstić information content (AvgIpc) is 2.53. The van der Waals surface area contributed by atoms with Gasteiger partial charge >= 0.3 is 5.97 Å². The van der Waals surface area contributed by atoms with E-state index in [2.05, 4.69) is 9.99 Å². The van der Waals surface area contributed by atoms with Crippen molar-refractivity contribution in [1.29, 1.82) is 0 Å². The largest absolute Gasteiger partial charge is 0.365 e. The Bertz CT molecular complexity index is 701. The molecule has 0 unspecified atom stereocenters. The average molecular weight is 305 g/mol. The Morgan fingerprint density at radius 1 is 1.10 bits per heavy atom. The lowest BCUT2D eigenvalue weighted by Gasteiger charge is -2.01. The third-order valence-electron chi connectivity index (χ3n) is 2.54. The maximum atomic E-state index is 11.7. The highest BCUT2D eigenvalue weighted by atomic mass is 35.5. The lowest BCUT2D eigenvalue weighted by atomic mass is 10.2. The molecule has 0 aliphatic rings. The van der Waals surface area contributed by atoms with Gasteiger partial charge in [-0.1, -0.05) is 47.1 Å². The number of para-hydroxylation sites is 1. The number of nitro groups is 1. The van der Waals surface area contributed by atoms with Gasteiger partial charge in [-0.05, 0) is 18.2 Å². The predicted molar refractivity (Wildman–Crippen MR) is 77.3 cm³/mol. The van der Waals surface area contributed by atoms with Gasteiger partial charge in [-0.25, -0.2) is 4.79 Å². The van der Waals surface area contributed by atoms with Gasteiger partial charge in [-0.3, -0.25) is 10.1 Å². The number of benzene rings is 2. The van der Waals surface area contributed by atoms with Crippen molar-refractivity contribution in [1.82, 2.24) is 0 Å². The van der Waals surface area contributed by atoms with Crippen LogP contribution in [0, 0.1) is 10.1 Å². The minimum Gasteiger partial charge on any atom is -0.311 e. The van der Waals surface area contributed by atoms with E-state index < -0.39 is 10.9 Å². The predicted octanol–water partition coefficient (Wildman–Crippen LogP) is 3.35. The second-order valence-corrected chi connectivity index (χ2v) is 4.26. The Morgan fingerprint density at radius 3 is 2.38 bits per heavy atom. The molecule has 2 aromatic rings. The second-order valence-electron chi connectivity index (χ2n) is 3.90. The maximum absolute atomic E-state index is 11.7. The molecule has 7 heteroatoms. The molecule has 0 N–H and O–H groups in total. The molecule has 0 amide bonds. The molecule has 0 aliphatic carbocycles. The van der Waals surface area contributed by atoms with Gasteiger partial charge in [0.15, 0.2) is 5.17 Å². The molecule has 0 atom stereocenters. The summed E-state index contributed by atoms with van der Waals surface area (Å²) in [6.07, 6.45) is 0. The van der Waals surface area contributed by atoms with Crippen LogP contribution < -0.4 is 0 Å². The normalized spacial score (nSPS) is 11.0. The number of hydrogen-bond acceptors (Lipinski definition) is 5. The van der Waals surface area contributed by atoms with Crippen LogP contribution in [0.15, 0.2) is 59.8 Å². The molecular weight excluding hydrogens is 296 g/mol. The highest BCUT2D eigenvalue weighted by molar-refractivity contribution is 6.70. The molecule has 0 fully saturated rings. The van der Waals surface area contributed by atoms with Gasteiger partial charge < -0.3 is 4.84 Å². The van der Waals surface area contributed by atoms with Crippen LogP contribution in [0.25, 0.3) is 0 Å². The van der Waals surface area contributed by atoms with Gasteiger partial charge in [0.1, 0.15) is 0 Å². The molecule has 0 bridgehead atoms. The Kier molecular flexibility index (Phi) is 4.63. The monoisotopic (exact) mass is 304 g/mol. The van der Waals surface area contributed by atoms with E-state index in [4.69, 9.17) is 11.6 Å². The Morgan fingerprint density at radius 2 is 1.71 bits per heavy atom. The summed E-state index contributed by atoms with van der Waals surface area (Å²) in [6, 6.07) is 14.0. The molecule has 2 rings (SSSR count). The number of oxime groups is 1. The van der Waals surface area contributed by atoms with Crippen LogP contribution in [0.1, 0.15) is 15.9 Å². The zero-order valence-corrected chi connectivity index (χ0v) is 11.4. The number of nitrogens with zero attached hydrogens (tertiary/aromatic N) is 2. The van der Waals surface area contributed by atoms with Crippen molar-refractivity contribution in [2.45, 2.75) is 0 Å². The van der Waals surface area contributed by atoms with Crippen molar-refractivity contribution in [3.8, 4) is 0 Å². The standard InChI is InChI=1S/C14H9ClN2O4/c15-13(11-8-4-5-9-12(11)17(19)20)16-21-14(18)10-6-2-1-3-7-10/h1-9H/b16-13-. The Labute approximate surface area is 124 Å². The first-order chi connectivity index (χ1) is 10.1. The van der Waals surface area contributed by atoms with Crippen molar-refractivity contribution in [3.05, 3.63) is 75.8 Å². The molecular formula is C14H9ClN2O4. The van der Waals surface area contributed by atoms with E-state index in [0.717, 1.165) is 0 Å². The third-order valence-corrected chi connectivity index (χ3v) is 2.81. The first-order valence-electron chi connectivity index (χ1n) is 5.83. The second kappa shape index (κ2) is 6.62. The lowest BCUT2D eigenvalue weighted by Crippen LogP contribution is -2.04. The molecule has 2 aromatic carbocycles. The first kappa shape index (κ1) is 14.7. The minimum atomic E-state index is -0.702. The van der Waals surface area contributed by atoms with E-state index in [9.17, 15) is 14.9 Å². The first-order valence-corrected chi connectivity index (χ1v) is 6.21.